The standard InChI is InChI=1S/C16H38O8Si2/c1-19-25(15-17,20-2)12-8-6-7-10-16(18)14-24-11-9-13-26(21-3,22-4)23-5/h16-18H,6-15H2,1-5H3. The van der Waals surface area contributed by atoms with E-state index in [0.717, 1.165) is 31.7 Å². The number of rotatable bonds is 18. The van der Waals surface area contributed by atoms with Crippen LogP contribution in [0.25, 0.3) is 0 Å². The maximum atomic E-state index is 9.97. The lowest BCUT2D eigenvalue weighted by Gasteiger charge is -2.25. The van der Waals surface area contributed by atoms with E-state index in [0.29, 0.717) is 25.7 Å². The zero-order valence-electron chi connectivity index (χ0n) is 17.0. The van der Waals surface area contributed by atoms with Gasteiger partial charge in [0.1, 0.15) is 0 Å². The Kier molecular flexibility index (Phi) is 15.2. The van der Waals surface area contributed by atoms with Gasteiger partial charge in [-0.05, 0) is 18.9 Å². The minimum absolute atomic E-state index is 0.0319. The summed E-state index contributed by atoms with van der Waals surface area (Å²) in [5.74, 6) is 0. The Balaban J connectivity index is 3.74. The van der Waals surface area contributed by atoms with E-state index in [1.807, 2.05) is 0 Å². The fraction of sp³-hybridized carbons (Fsp3) is 1.00. The van der Waals surface area contributed by atoms with Crippen LogP contribution in [0.15, 0.2) is 0 Å². The lowest BCUT2D eigenvalue weighted by atomic mass is 10.1. The van der Waals surface area contributed by atoms with Gasteiger partial charge in [0, 0.05) is 48.2 Å². The monoisotopic (exact) mass is 414 g/mol. The molecular weight excluding hydrogens is 376 g/mol. The van der Waals surface area contributed by atoms with Crippen LogP contribution in [-0.2, 0) is 26.9 Å². The fourth-order valence-corrected chi connectivity index (χ4v) is 6.17. The van der Waals surface area contributed by atoms with E-state index in [-0.39, 0.29) is 6.23 Å². The normalized spacial score (nSPS) is 14.0. The van der Waals surface area contributed by atoms with Crippen LogP contribution < -0.4 is 0 Å². The highest BCUT2D eigenvalue weighted by Gasteiger charge is 2.37. The van der Waals surface area contributed by atoms with Crippen LogP contribution in [0.2, 0.25) is 12.1 Å². The molecule has 0 aliphatic rings. The molecule has 0 aromatic heterocycles. The van der Waals surface area contributed by atoms with Gasteiger partial charge in [-0.1, -0.05) is 19.3 Å². The highest BCUT2D eigenvalue weighted by atomic mass is 28.4. The Morgan fingerprint density at radius 2 is 1.38 bits per heavy atom. The molecule has 0 spiro atoms. The van der Waals surface area contributed by atoms with Crippen LogP contribution in [0.4, 0.5) is 0 Å². The summed E-state index contributed by atoms with van der Waals surface area (Å²) in [6.07, 6.45) is 3.74. The zero-order valence-corrected chi connectivity index (χ0v) is 19.0. The average molecular weight is 415 g/mol. The summed E-state index contributed by atoms with van der Waals surface area (Å²) in [5.41, 5.74) is 0. The molecule has 1 atom stereocenters. The molecule has 0 heterocycles. The van der Waals surface area contributed by atoms with Gasteiger partial charge in [0.05, 0.1) is 18.9 Å². The summed E-state index contributed by atoms with van der Waals surface area (Å²) in [6, 6.07) is 1.44. The second kappa shape index (κ2) is 15.1. The van der Waals surface area contributed by atoms with E-state index < -0.39 is 23.5 Å². The SMILES string of the molecule is CO[Si](CO)(CCCCCC(O)COCCC[Si](OC)(OC)OC)OC. The second-order valence-corrected chi connectivity index (χ2v) is 12.7. The van der Waals surface area contributed by atoms with Crippen molar-refractivity contribution >= 4 is 17.4 Å². The highest BCUT2D eigenvalue weighted by molar-refractivity contribution is 6.67. The van der Waals surface area contributed by atoms with Crippen LogP contribution >= 0.6 is 0 Å². The van der Waals surface area contributed by atoms with Gasteiger partial charge in [-0.15, -0.1) is 0 Å². The van der Waals surface area contributed by atoms with Gasteiger partial charge in [-0.2, -0.15) is 0 Å². The average Bonchev–Trinajstić information content (AvgIpc) is 2.68. The first-order chi connectivity index (χ1) is 12.5. The first-order valence-electron chi connectivity index (χ1n) is 9.09. The summed E-state index contributed by atoms with van der Waals surface area (Å²) >= 11 is 0. The van der Waals surface area contributed by atoms with Crippen molar-refractivity contribution in [1.29, 1.82) is 0 Å². The topological polar surface area (TPSA) is 95.8 Å². The lowest BCUT2D eigenvalue weighted by Crippen LogP contribution is -2.44. The van der Waals surface area contributed by atoms with E-state index in [9.17, 15) is 10.2 Å². The molecular formula is C16H38O8Si2. The number of unbranched alkanes of at least 4 members (excludes halogenated alkanes) is 2. The van der Waals surface area contributed by atoms with Crippen molar-refractivity contribution in [2.24, 2.45) is 0 Å². The summed E-state index contributed by atoms with van der Waals surface area (Å²) in [5, 5.41) is 19.4. The number of hydrogen-bond donors (Lipinski definition) is 2. The molecule has 0 amide bonds. The van der Waals surface area contributed by atoms with E-state index in [4.69, 9.17) is 26.9 Å². The van der Waals surface area contributed by atoms with Crippen molar-refractivity contribution < 1.29 is 37.1 Å². The highest BCUT2D eigenvalue weighted by Crippen LogP contribution is 2.17. The summed E-state index contributed by atoms with van der Waals surface area (Å²) in [4.78, 5) is 0. The Hall–Kier alpha value is 0.114. The largest absolute Gasteiger partial charge is 0.500 e. The number of hydrogen-bond acceptors (Lipinski definition) is 8. The van der Waals surface area contributed by atoms with Gasteiger partial charge < -0.3 is 37.1 Å². The Bertz CT molecular complexity index is 281. The van der Waals surface area contributed by atoms with E-state index in [1.165, 1.54) is 0 Å². The third kappa shape index (κ3) is 9.88. The number of aliphatic hydroxyl groups is 2. The second-order valence-electron chi connectivity index (χ2n) is 6.20. The predicted octanol–water partition coefficient (Wildman–Crippen LogP) is 1.46. The zero-order chi connectivity index (χ0) is 19.9. The van der Waals surface area contributed by atoms with Gasteiger partial charge in [0.15, 0.2) is 0 Å². The molecule has 2 N–H and O–H groups in total. The smallest absolute Gasteiger partial charge is 0.396 e. The molecule has 0 rings (SSSR count). The Labute approximate surface area is 160 Å². The van der Waals surface area contributed by atoms with Crippen molar-refractivity contribution in [2.45, 2.75) is 50.3 Å². The third-order valence-corrected chi connectivity index (χ3v) is 10.5. The quantitative estimate of drug-likeness (QED) is 0.257. The van der Waals surface area contributed by atoms with Crippen LogP contribution in [0, 0.1) is 0 Å². The number of aliphatic hydroxyl groups excluding tert-OH is 2. The molecule has 0 fully saturated rings. The van der Waals surface area contributed by atoms with Crippen molar-refractivity contribution in [3.8, 4) is 0 Å². The van der Waals surface area contributed by atoms with Gasteiger partial charge in [0.2, 0.25) is 0 Å². The maximum absolute atomic E-state index is 9.97. The van der Waals surface area contributed by atoms with E-state index >= 15 is 0 Å². The van der Waals surface area contributed by atoms with Gasteiger partial charge in [-0.25, -0.2) is 0 Å². The Morgan fingerprint density at radius 1 is 0.769 bits per heavy atom. The molecule has 158 valence electrons. The molecule has 8 nitrogen and oxygen atoms in total. The molecule has 10 heteroatoms. The molecule has 1 unspecified atom stereocenters. The minimum atomic E-state index is -2.53. The van der Waals surface area contributed by atoms with Crippen LogP contribution in [0.3, 0.4) is 0 Å². The summed E-state index contributed by atoms with van der Waals surface area (Å²) in [6.45, 7) is 0.862. The first kappa shape index (κ1) is 26.1. The molecule has 0 saturated heterocycles. The maximum Gasteiger partial charge on any atom is 0.500 e. The Morgan fingerprint density at radius 3 is 1.88 bits per heavy atom. The lowest BCUT2D eigenvalue weighted by molar-refractivity contribution is 0.0297. The van der Waals surface area contributed by atoms with Crippen molar-refractivity contribution in [2.75, 3.05) is 55.0 Å². The molecule has 0 bridgehead atoms. The molecule has 0 aromatic rings. The predicted molar refractivity (Wildman–Crippen MR) is 103 cm³/mol. The molecule has 0 aliphatic carbocycles. The van der Waals surface area contributed by atoms with Gasteiger partial charge in [-0.3, -0.25) is 0 Å². The van der Waals surface area contributed by atoms with Crippen molar-refractivity contribution in [3.63, 3.8) is 0 Å². The van der Waals surface area contributed by atoms with E-state index in [1.54, 1.807) is 35.5 Å². The molecule has 0 aromatic carbocycles. The van der Waals surface area contributed by atoms with E-state index in [2.05, 4.69) is 0 Å². The summed E-state index contributed by atoms with van der Waals surface area (Å²) in [7, 11) is 3.02. The molecule has 0 saturated carbocycles. The summed E-state index contributed by atoms with van der Waals surface area (Å²) < 4.78 is 32.3. The van der Waals surface area contributed by atoms with Gasteiger partial charge >= 0.3 is 17.4 Å². The fourth-order valence-electron chi connectivity index (χ4n) is 2.70. The van der Waals surface area contributed by atoms with Crippen molar-refractivity contribution in [1.82, 2.24) is 0 Å². The van der Waals surface area contributed by atoms with Crippen LogP contribution in [-0.4, -0.2) is 88.7 Å². The third-order valence-electron chi connectivity index (χ3n) is 4.59. The molecule has 0 aliphatic heterocycles. The first-order valence-corrected chi connectivity index (χ1v) is 13.3. The van der Waals surface area contributed by atoms with Crippen LogP contribution in [0.5, 0.6) is 0 Å². The molecule has 26 heavy (non-hydrogen) atoms. The molecule has 0 radical (unpaired) electrons. The van der Waals surface area contributed by atoms with Crippen LogP contribution in [0.1, 0.15) is 32.1 Å². The number of ether oxygens (including phenoxy) is 1. The van der Waals surface area contributed by atoms with Gasteiger partial charge in [0.25, 0.3) is 0 Å². The minimum Gasteiger partial charge on any atom is -0.396 e. The van der Waals surface area contributed by atoms with Crippen molar-refractivity contribution in [3.05, 3.63) is 0 Å².